The van der Waals surface area contributed by atoms with Gasteiger partial charge in [0.2, 0.25) is 0 Å². The standard InChI is InChI=1S/C24H24N2O2/c1-2-3-6-15-27-21-12-10-20(11-13-21)26-24-14-9-19(17-25-24)23-16-18-7-4-5-8-22(18)28-23/h4-5,7-14,16-17H,2-3,6,15H2,1H3,(H,25,26). The first-order chi connectivity index (χ1) is 13.8. The predicted octanol–water partition coefficient (Wildman–Crippen LogP) is 6.81. The van der Waals surface area contributed by atoms with Crippen LogP contribution in [-0.2, 0) is 0 Å². The maximum absolute atomic E-state index is 5.90. The molecule has 0 atom stereocenters. The maximum atomic E-state index is 5.90. The van der Waals surface area contributed by atoms with Crippen LogP contribution in [0.4, 0.5) is 11.5 Å². The van der Waals surface area contributed by atoms with Crippen molar-refractivity contribution in [2.75, 3.05) is 11.9 Å². The van der Waals surface area contributed by atoms with Crippen LogP contribution < -0.4 is 10.1 Å². The van der Waals surface area contributed by atoms with Crippen LogP contribution in [0.5, 0.6) is 5.75 Å². The van der Waals surface area contributed by atoms with Crippen LogP contribution >= 0.6 is 0 Å². The second kappa shape index (κ2) is 8.61. The molecule has 2 heterocycles. The molecule has 0 aliphatic rings. The third-order valence-electron chi connectivity index (χ3n) is 4.62. The van der Waals surface area contributed by atoms with E-state index in [4.69, 9.17) is 9.15 Å². The summed E-state index contributed by atoms with van der Waals surface area (Å²) in [7, 11) is 0. The van der Waals surface area contributed by atoms with Crippen LogP contribution in [0.1, 0.15) is 26.2 Å². The highest BCUT2D eigenvalue weighted by atomic mass is 16.5. The molecule has 28 heavy (non-hydrogen) atoms. The van der Waals surface area contributed by atoms with Gasteiger partial charge in [0.05, 0.1) is 6.61 Å². The van der Waals surface area contributed by atoms with E-state index in [9.17, 15) is 0 Å². The molecule has 0 amide bonds. The Labute approximate surface area is 165 Å². The zero-order valence-corrected chi connectivity index (χ0v) is 16.0. The minimum absolute atomic E-state index is 0.769. The molecule has 0 aliphatic carbocycles. The van der Waals surface area contributed by atoms with Gasteiger partial charge in [-0.1, -0.05) is 38.0 Å². The molecule has 2 aromatic heterocycles. The van der Waals surface area contributed by atoms with Gasteiger partial charge in [-0.3, -0.25) is 0 Å². The molecular formula is C24H24N2O2. The Morgan fingerprint density at radius 3 is 2.57 bits per heavy atom. The lowest BCUT2D eigenvalue weighted by Gasteiger charge is -2.09. The second-order valence-corrected chi connectivity index (χ2v) is 6.79. The van der Waals surface area contributed by atoms with Crippen molar-refractivity contribution in [2.24, 2.45) is 0 Å². The fourth-order valence-corrected chi connectivity index (χ4v) is 3.06. The Hall–Kier alpha value is -3.27. The van der Waals surface area contributed by atoms with E-state index in [2.05, 4.69) is 17.2 Å². The van der Waals surface area contributed by atoms with Crippen LogP contribution in [0, 0.1) is 0 Å². The largest absolute Gasteiger partial charge is 0.494 e. The third-order valence-corrected chi connectivity index (χ3v) is 4.62. The Balaban J connectivity index is 1.39. The second-order valence-electron chi connectivity index (χ2n) is 6.79. The first-order valence-electron chi connectivity index (χ1n) is 9.77. The summed E-state index contributed by atoms with van der Waals surface area (Å²) >= 11 is 0. The van der Waals surface area contributed by atoms with E-state index in [1.54, 1.807) is 0 Å². The van der Waals surface area contributed by atoms with Gasteiger partial charge < -0.3 is 14.5 Å². The molecule has 2 aromatic carbocycles. The molecule has 4 nitrogen and oxygen atoms in total. The van der Waals surface area contributed by atoms with Crippen molar-refractivity contribution in [1.82, 2.24) is 4.98 Å². The number of furan rings is 1. The molecule has 0 unspecified atom stereocenters. The minimum atomic E-state index is 0.769. The number of hydrogen-bond acceptors (Lipinski definition) is 4. The topological polar surface area (TPSA) is 47.3 Å². The number of nitrogens with one attached hydrogen (secondary N) is 1. The highest BCUT2D eigenvalue weighted by molar-refractivity contribution is 5.82. The summed E-state index contributed by atoms with van der Waals surface area (Å²) < 4.78 is 11.6. The number of anilines is 2. The Kier molecular flexibility index (Phi) is 5.57. The van der Waals surface area contributed by atoms with Crippen molar-refractivity contribution in [2.45, 2.75) is 26.2 Å². The Bertz CT molecular complexity index is 988. The average Bonchev–Trinajstić information content (AvgIpc) is 3.17. The molecular weight excluding hydrogens is 348 g/mol. The van der Waals surface area contributed by atoms with Gasteiger partial charge >= 0.3 is 0 Å². The van der Waals surface area contributed by atoms with Crippen LogP contribution in [0.3, 0.4) is 0 Å². The van der Waals surface area contributed by atoms with Gasteiger partial charge in [0.25, 0.3) is 0 Å². The molecule has 0 fully saturated rings. The number of hydrogen-bond donors (Lipinski definition) is 1. The molecule has 0 bridgehead atoms. The molecule has 4 rings (SSSR count). The fourth-order valence-electron chi connectivity index (χ4n) is 3.06. The van der Waals surface area contributed by atoms with Gasteiger partial charge in [0, 0.05) is 22.8 Å². The number of aromatic nitrogens is 1. The summed E-state index contributed by atoms with van der Waals surface area (Å²) in [5.41, 5.74) is 2.82. The zero-order valence-electron chi connectivity index (χ0n) is 16.0. The SMILES string of the molecule is CCCCCOc1ccc(Nc2ccc(-c3cc4ccccc4o3)cn2)cc1. The first-order valence-corrected chi connectivity index (χ1v) is 9.77. The summed E-state index contributed by atoms with van der Waals surface area (Å²) in [6.45, 7) is 2.96. The molecule has 4 heteroatoms. The Morgan fingerprint density at radius 1 is 0.964 bits per heavy atom. The van der Waals surface area contributed by atoms with Crippen LogP contribution in [0.15, 0.2) is 77.3 Å². The van der Waals surface area contributed by atoms with Crippen molar-refractivity contribution in [3.63, 3.8) is 0 Å². The van der Waals surface area contributed by atoms with E-state index in [0.717, 1.165) is 52.6 Å². The van der Waals surface area contributed by atoms with Crippen LogP contribution in [-0.4, -0.2) is 11.6 Å². The van der Waals surface area contributed by atoms with Crippen molar-refractivity contribution in [3.8, 4) is 17.1 Å². The third kappa shape index (κ3) is 4.34. The average molecular weight is 372 g/mol. The van der Waals surface area contributed by atoms with E-state index in [0.29, 0.717) is 0 Å². The Morgan fingerprint density at radius 2 is 1.82 bits per heavy atom. The van der Waals surface area contributed by atoms with Gasteiger partial charge in [-0.2, -0.15) is 0 Å². The van der Waals surface area contributed by atoms with Crippen LogP contribution in [0.2, 0.25) is 0 Å². The highest BCUT2D eigenvalue weighted by Gasteiger charge is 2.06. The lowest BCUT2D eigenvalue weighted by molar-refractivity contribution is 0.306. The van der Waals surface area contributed by atoms with Crippen molar-refractivity contribution < 1.29 is 9.15 Å². The van der Waals surface area contributed by atoms with Gasteiger partial charge in [-0.25, -0.2) is 4.98 Å². The molecule has 4 aromatic rings. The lowest BCUT2D eigenvalue weighted by atomic mass is 10.2. The summed E-state index contributed by atoms with van der Waals surface area (Å²) in [5, 5.41) is 4.41. The maximum Gasteiger partial charge on any atom is 0.136 e. The number of rotatable bonds is 8. The smallest absolute Gasteiger partial charge is 0.136 e. The molecule has 1 N–H and O–H groups in total. The number of ether oxygens (including phenoxy) is 1. The molecule has 0 saturated heterocycles. The van der Waals surface area contributed by atoms with Gasteiger partial charge in [0.15, 0.2) is 0 Å². The number of fused-ring (bicyclic) bond motifs is 1. The molecule has 0 aliphatic heterocycles. The number of nitrogens with zero attached hydrogens (tertiary/aromatic N) is 1. The monoisotopic (exact) mass is 372 g/mol. The number of benzene rings is 2. The number of unbranched alkanes of at least 4 members (excludes halogenated alkanes) is 2. The quantitative estimate of drug-likeness (QED) is 0.345. The van der Waals surface area contributed by atoms with Gasteiger partial charge in [-0.15, -0.1) is 0 Å². The fraction of sp³-hybridized carbons (Fsp3) is 0.208. The zero-order chi connectivity index (χ0) is 19.2. The van der Waals surface area contributed by atoms with Crippen LogP contribution in [0.25, 0.3) is 22.3 Å². The minimum Gasteiger partial charge on any atom is -0.494 e. The first kappa shape index (κ1) is 18.1. The van der Waals surface area contributed by atoms with E-state index in [1.807, 2.05) is 72.9 Å². The van der Waals surface area contributed by atoms with Crippen molar-refractivity contribution >= 4 is 22.5 Å². The normalized spacial score (nSPS) is 10.9. The summed E-state index contributed by atoms with van der Waals surface area (Å²) in [5.74, 6) is 2.51. The van der Waals surface area contributed by atoms with E-state index in [-0.39, 0.29) is 0 Å². The van der Waals surface area contributed by atoms with Crippen molar-refractivity contribution in [3.05, 3.63) is 72.9 Å². The number of pyridine rings is 1. The molecule has 0 spiro atoms. The van der Waals surface area contributed by atoms with Gasteiger partial charge in [-0.05, 0) is 55.0 Å². The highest BCUT2D eigenvalue weighted by Crippen LogP contribution is 2.28. The summed E-state index contributed by atoms with van der Waals surface area (Å²) in [4.78, 5) is 4.51. The molecule has 0 radical (unpaired) electrons. The summed E-state index contributed by atoms with van der Waals surface area (Å²) in [6.07, 6.45) is 5.33. The van der Waals surface area contributed by atoms with E-state index < -0.39 is 0 Å². The van der Waals surface area contributed by atoms with E-state index >= 15 is 0 Å². The lowest BCUT2D eigenvalue weighted by Crippen LogP contribution is -1.97. The van der Waals surface area contributed by atoms with Crippen molar-refractivity contribution in [1.29, 1.82) is 0 Å². The summed E-state index contributed by atoms with van der Waals surface area (Å²) in [6, 6.07) is 22.0. The predicted molar refractivity (Wildman–Crippen MR) is 114 cm³/mol. The molecule has 142 valence electrons. The van der Waals surface area contributed by atoms with E-state index in [1.165, 1.54) is 12.8 Å². The van der Waals surface area contributed by atoms with Gasteiger partial charge in [0.1, 0.15) is 22.9 Å². The number of para-hydroxylation sites is 1. The molecule has 0 saturated carbocycles.